The Morgan fingerprint density at radius 1 is 0.962 bits per heavy atom. The molecule has 1 aliphatic rings. The van der Waals surface area contributed by atoms with Crippen molar-refractivity contribution < 1.29 is 16.8 Å². The smallest absolute Gasteiger partial charge is 0.175 e. The molecule has 0 fully saturated rings. The number of fused-ring (bicyclic) bond motifs is 1. The van der Waals surface area contributed by atoms with Crippen molar-refractivity contribution in [1.82, 2.24) is 5.32 Å². The summed E-state index contributed by atoms with van der Waals surface area (Å²) in [6.07, 6.45) is 3.19. The van der Waals surface area contributed by atoms with Crippen molar-refractivity contribution in [3.8, 4) is 0 Å². The fraction of sp³-hybridized carbons (Fsp3) is 0.368. The van der Waals surface area contributed by atoms with Gasteiger partial charge in [-0.2, -0.15) is 0 Å². The Morgan fingerprint density at radius 2 is 1.62 bits per heavy atom. The van der Waals surface area contributed by atoms with Crippen LogP contribution in [-0.2, 0) is 26.2 Å². The van der Waals surface area contributed by atoms with Crippen LogP contribution in [0.5, 0.6) is 0 Å². The maximum Gasteiger partial charge on any atom is 0.175 e. The molecule has 2 aromatic carbocycles. The van der Waals surface area contributed by atoms with Crippen LogP contribution in [0.4, 0.5) is 0 Å². The maximum atomic E-state index is 12.1. The zero-order chi connectivity index (χ0) is 19.1. The minimum atomic E-state index is -3.45. The lowest BCUT2D eigenvalue weighted by Gasteiger charge is -2.16. The molecule has 0 saturated carbocycles. The Hall–Kier alpha value is -1.70. The van der Waals surface area contributed by atoms with Gasteiger partial charge in [-0.3, -0.25) is 0 Å². The molecular formula is C19H23NO4S2. The zero-order valence-electron chi connectivity index (χ0n) is 15.1. The Labute approximate surface area is 155 Å². The summed E-state index contributed by atoms with van der Waals surface area (Å²) in [5.74, 6) is 0.431. The average Bonchev–Trinajstić information content (AvgIpc) is 2.88. The predicted molar refractivity (Wildman–Crippen MR) is 102 cm³/mol. The molecule has 2 atom stereocenters. The van der Waals surface area contributed by atoms with E-state index in [0.29, 0.717) is 11.5 Å². The van der Waals surface area contributed by atoms with E-state index in [4.69, 9.17) is 0 Å². The first kappa shape index (κ1) is 19.1. The molecule has 2 unspecified atom stereocenters. The Morgan fingerprint density at radius 3 is 2.23 bits per heavy atom. The van der Waals surface area contributed by atoms with Gasteiger partial charge in [-0.15, -0.1) is 0 Å². The van der Waals surface area contributed by atoms with Gasteiger partial charge in [0.05, 0.1) is 9.79 Å². The molecule has 140 valence electrons. The van der Waals surface area contributed by atoms with E-state index < -0.39 is 19.7 Å². The molecular weight excluding hydrogens is 370 g/mol. The number of rotatable bonds is 5. The summed E-state index contributed by atoms with van der Waals surface area (Å²) in [7, 11) is -6.85. The number of hydrogen-bond donors (Lipinski definition) is 1. The van der Waals surface area contributed by atoms with Gasteiger partial charge in [0, 0.05) is 25.1 Å². The normalized spacial score (nSPS) is 20.1. The maximum absolute atomic E-state index is 12.1. The van der Waals surface area contributed by atoms with E-state index in [1.165, 1.54) is 29.3 Å². The van der Waals surface area contributed by atoms with Crippen molar-refractivity contribution in [3.05, 3.63) is 59.2 Å². The summed E-state index contributed by atoms with van der Waals surface area (Å²) in [6, 6.07) is 12.5. The summed E-state index contributed by atoms with van der Waals surface area (Å²) in [6.45, 7) is 2.46. The first-order chi connectivity index (χ1) is 12.1. The standard InChI is InChI=1S/C19H23NO4S2/c1-13-10-18(17-7-5-4-6-16(13)17)20-12-14-11-15(25(2,21)22)8-9-19(14)26(3,23)24/h4-9,11,13,18,20H,10,12H2,1-3H3. The van der Waals surface area contributed by atoms with Crippen LogP contribution in [0.1, 0.15) is 42.0 Å². The van der Waals surface area contributed by atoms with Crippen LogP contribution in [0, 0.1) is 0 Å². The van der Waals surface area contributed by atoms with Crippen molar-refractivity contribution in [1.29, 1.82) is 0 Å². The van der Waals surface area contributed by atoms with E-state index in [1.807, 2.05) is 12.1 Å². The number of nitrogens with one attached hydrogen (secondary N) is 1. The molecule has 26 heavy (non-hydrogen) atoms. The first-order valence-electron chi connectivity index (χ1n) is 8.42. The van der Waals surface area contributed by atoms with Gasteiger partial charge >= 0.3 is 0 Å². The Bertz CT molecular complexity index is 1040. The molecule has 0 saturated heterocycles. The van der Waals surface area contributed by atoms with Crippen LogP contribution in [-0.4, -0.2) is 29.3 Å². The van der Waals surface area contributed by atoms with Gasteiger partial charge < -0.3 is 5.32 Å². The van der Waals surface area contributed by atoms with Crippen molar-refractivity contribution in [2.24, 2.45) is 0 Å². The van der Waals surface area contributed by atoms with Crippen LogP contribution in [0.25, 0.3) is 0 Å². The van der Waals surface area contributed by atoms with Crippen LogP contribution in [0.15, 0.2) is 52.3 Å². The summed E-state index contributed by atoms with van der Waals surface area (Å²) >= 11 is 0. The predicted octanol–water partition coefficient (Wildman–Crippen LogP) is 2.83. The van der Waals surface area contributed by atoms with Crippen molar-refractivity contribution in [2.45, 2.75) is 41.6 Å². The monoisotopic (exact) mass is 393 g/mol. The lowest BCUT2D eigenvalue weighted by Crippen LogP contribution is -2.20. The number of sulfone groups is 2. The second kappa shape index (κ2) is 6.79. The first-order valence-corrected chi connectivity index (χ1v) is 12.2. The number of hydrogen-bond acceptors (Lipinski definition) is 5. The second-order valence-corrected chi connectivity index (χ2v) is 11.0. The van der Waals surface area contributed by atoms with Gasteiger partial charge in [-0.05, 0) is 47.2 Å². The molecule has 2 aromatic rings. The molecule has 5 nitrogen and oxygen atoms in total. The van der Waals surface area contributed by atoms with Gasteiger partial charge in [-0.1, -0.05) is 31.2 Å². The SMILES string of the molecule is CC1CC(NCc2cc(S(C)(=O)=O)ccc2S(C)(=O)=O)c2ccccc21. The highest BCUT2D eigenvalue weighted by molar-refractivity contribution is 7.91. The highest BCUT2D eigenvalue weighted by Crippen LogP contribution is 2.39. The van der Waals surface area contributed by atoms with E-state index in [0.717, 1.165) is 18.9 Å². The van der Waals surface area contributed by atoms with E-state index in [-0.39, 0.29) is 22.4 Å². The van der Waals surface area contributed by atoms with Crippen molar-refractivity contribution >= 4 is 19.7 Å². The summed E-state index contributed by atoms with van der Waals surface area (Å²) in [4.78, 5) is 0.290. The summed E-state index contributed by atoms with van der Waals surface area (Å²) in [5, 5.41) is 3.42. The molecule has 1 aliphatic carbocycles. The van der Waals surface area contributed by atoms with Crippen LogP contribution < -0.4 is 5.32 Å². The third-order valence-corrected chi connectivity index (χ3v) is 7.20. The van der Waals surface area contributed by atoms with Crippen molar-refractivity contribution in [3.63, 3.8) is 0 Å². The van der Waals surface area contributed by atoms with Crippen LogP contribution in [0.2, 0.25) is 0 Å². The van der Waals surface area contributed by atoms with Gasteiger partial charge in [0.1, 0.15) is 0 Å². The third-order valence-electron chi connectivity index (χ3n) is 4.89. The molecule has 0 radical (unpaired) electrons. The average molecular weight is 394 g/mol. The van der Waals surface area contributed by atoms with E-state index in [2.05, 4.69) is 24.4 Å². The van der Waals surface area contributed by atoms with E-state index in [1.54, 1.807) is 0 Å². The zero-order valence-corrected chi connectivity index (χ0v) is 16.7. The van der Waals surface area contributed by atoms with Gasteiger partial charge in [-0.25, -0.2) is 16.8 Å². The Kier molecular flexibility index (Phi) is 4.98. The molecule has 0 amide bonds. The van der Waals surface area contributed by atoms with Crippen LogP contribution >= 0.6 is 0 Å². The van der Waals surface area contributed by atoms with E-state index in [9.17, 15) is 16.8 Å². The minimum absolute atomic E-state index is 0.121. The molecule has 0 aromatic heterocycles. The van der Waals surface area contributed by atoms with E-state index >= 15 is 0 Å². The molecule has 0 heterocycles. The molecule has 0 bridgehead atoms. The fourth-order valence-corrected chi connectivity index (χ4v) is 5.19. The molecule has 0 spiro atoms. The van der Waals surface area contributed by atoms with Gasteiger partial charge in [0.25, 0.3) is 0 Å². The number of benzene rings is 2. The largest absolute Gasteiger partial charge is 0.306 e. The second-order valence-electron chi connectivity index (χ2n) is 7.01. The Balaban J connectivity index is 1.92. The highest BCUT2D eigenvalue weighted by Gasteiger charge is 2.27. The molecule has 7 heteroatoms. The van der Waals surface area contributed by atoms with Crippen LogP contribution in [0.3, 0.4) is 0 Å². The lowest BCUT2D eigenvalue weighted by molar-refractivity contribution is 0.501. The topological polar surface area (TPSA) is 80.3 Å². The summed E-state index contributed by atoms with van der Waals surface area (Å²) in [5.41, 5.74) is 3.01. The highest BCUT2D eigenvalue weighted by atomic mass is 32.2. The molecule has 3 rings (SSSR count). The molecule has 1 N–H and O–H groups in total. The van der Waals surface area contributed by atoms with Gasteiger partial charge in [0.2, 0.25) is 0 Å². The third kappa shape index (κ3) is 3.84. The fourth-order valence-electron chi connectivity index (χ4n) is 3.60. The quantitative estimate of drug-likeness (QED) is 0.845. The lowest BCUT2D eigenvalue weighted by atomic mass is 10.0. The summed E-state index contributed by atoms with van der Waals surface area (Å²) < 4.78 is 47.9. The van der Waals surface area contributed by atoms with Gasteiger partial charge in [0.15, 0.2) is 19.7 Å². The van der Waals surface area contributed by atoms with Crippen molar-refractivity contribution in [2.75, 3.05) is 12.5 Å². The minimum Gasteiger partial charge on any atom is -0.306 e. The molecule has 0 aliphatic heterocycles.